The Morgan fingerprint density at radius 2 is 2.00 bits per heavy atom. The number of carboxylic acids is 1. The van der Waals surface area contributed by atoms with Gasteiger partial charge in [-0.15, -0.1) is 0 Å². The van der Waals surface area contributed by atoms with Gasteiger partial charge in [-0.05, 0) is 13.0 Å². The summed E-state index contributed by atoms with van der Waals surface area (Å²) in [4.78, 5) is 25.1. The van der Waals surface area contributed by atoms with Gasteiger partial charge >= 0.3 is 12.1 Å². The fraction of sp³-hybridized carbons (Fsp3) is 0.556. The number of carboxylic acid groups (broad SMARTS) is 1. The van der Waals surface area contributed by atoms with Gasteiger partial charge in [-0.2, -0.15) is 13.2 Å². The van der Waals surface area contributed by atoms with Crippen molar-refractivity contribution in [3.8, 4) is 5.75 Å². The van der Waals surface area contributed by atoms with Crippen LogP contribution in [0, 0.1) is 11.8 Å². The Bertz CT molecular complexity index is 725. The first-order valence-electron chi connectivity index (χ1n) is 8.74. The molecule has 2 heterocycles. The number of carbonyl (C=O) groups is 2. The van der Waals surface area contributed by atoms with Crippen molar-refractivity contribution in [3.05, 3.63) is 29.8 Å². The summed E-state index contributed by atoms with van der Waals surface area (Å²) < 4.78 is 45.0. The molecule has 0 aromatic heterocycles. The minimum atomic E-state index is -4.62. The van der Waals surface area contributed by atoms with E-state index in [1.54, 1.807) is 6.07 Å². The molecule has 1 amide bonds. The van der Waals surface area contributed by atoms with E-state index in [2.05, 4.69) is 5.32 Å². The van der Waals surface area contributed by atoms with Crippen molar-refractivity contribution in [2.24, 2.45) is 11.8 Å². The number of benzene rings is 1. The van der Waals surface area contributed by atoms with Gasteiger partial charge in [-0.1, -0.05) is 18.2 Å². The molecule has 3 rings (SSSR count). The smallest absolute Gasteiger partial charge is 0.393 e. The third kappa shape index (κ3) is 4.02. The number of carbonyl (C=O) groups excluding carboxylic acids is 1. The number of aliphatic carboxylic acids is 1. The normalized spacial score (nSPS) is 26.7. The highest BCUT2D eigenvalue weighted by atomic mass is 19.4. The van der Waals surface area contributed by atoms with E-state index in [-0.39, 0.29) is 12.6 Å². The standard InChI is InChI=1S/C18H21F3N2O4/c1-10(23-8-12(17(25)26)13(9-23)18(19,20)21)16(24)22-14-6-7-27-15-5-3-2-4-11(14)15/h2-5,10,12-14H,6-9H2,1H3,(H,22,24)(H,25,26)/t10?,12-,13-,14?/m1/s1. The molecule has 4 atom stereocenters. The molecular formula is C18H21F3N2O4. The molecule has 1 fully saturated rings. The molecule has 6 nitrogen and oxygen atoms in total. The Kier molecular flexibility index (Phi) is 5.32. The predicted octanol–water partition coefficient (Wildman–Crippen LogP) is 2.21. The molecule has 0 spiro atoms. The van der Waals surface area contributed by atoms with Gasteiger partial charge in [0.15, 0.2) is 0 Å². The van der Waals surface area contributed by atoms with Crippen molar-refractivity contribution in [2.45, 2.75) is 31.6 Å². The summed E-state index contributed by atoms with van der Waals surface area (Å²) in [5.41, 5.74) is 0.822. The molecule has 9 heteroatoms. The van der Waals surface area contributed by atoms with Gasteiger partial charge < -0.3 is 15.2 Å². The summed E-state index contributed by atoms with van der Waals surface area (Å²) in [6, 6.07) is 6.11. The fourth-order valence-corrected chi connectivity index (χ4v) is 3.68. The van der Waals surface area contributed by atoms with Crippen LogP contribution in [0.25, 0.3) is 0 Å². The van der Waals surface area contributed by atoms with Crippen molar-refractivity contribution in [2.75, 3.05) is 19.7 Å². The van der Waals surface area contributed by atoms with Crippen molar-refractivity contribution in [1.82, 2.24) is 10.2 Å². The van der Waals surface area contributed by atoms with Crippen LogP contribution in [-0.4, -0.2) is 53.8 Å². The summed E-state index contributed by atoms with van der Waals surface area (Å²) in [5.74, 6) is -4.79. The summed E-state index contributed by atoms with van der Waals surface area (Å²) in [5, 5.41) is 12.0. The summed E-state index contributed by atoms with van der Waals surface area (Å²) in [7, 11) is 0. The number of fused-ring (bicyclic) bond motifs is 1. The maximum absolute atomic E-state index is 13.1. The second kappa shape index (κ2) is 7.38. The number of ether oxygens (including phenoxy) is 1. The van der Waals surface area contributed by atoms with E-state index in [4.69, 9.17) is 9.84 Å². The van der Waals surface area contributed by atoms with Crippen LogP contribution >= 0.6 is 0 Å². The Balaban J connectivity index is 1.69. The Morgan fingerprint density at radius 3 is 2.63 bits per heavy atom. The number of hydrogen-bond acceptors (Lipinski definition) is 4. The molecule has 2 unspecified atom stereocenters. The molecule has 1 saturated heterocycles. The van der Waals surface area contributed by atoms with E-state index in [9.17, 15) is 22.8 Å². The Labute approximate surface area is 154 Å². The molecule has 148 valence electrons. The van der Waals surface area contributed by atoms with Crippen molar-refractivity contribution >= 4 is 11.9 Å². The van der Waals surface area contributed by atoms with Crippen LogP contribution in [0.2, 0.25) is 0 Å². The first-order chi connectivity index (χ1) is 12.7. The zero-order valence-corrected chi connectivity index (χ0v) is 14.7. The van der Waals surface area contributed by atoms with Gasteiger partial charge in [0.1, 0.15) is 5.75 Å². The van der Waals surface area contributed by atoms with Gasteiger partial charge in [0.25, 0.3) is 0 Å². The minimum Gasteiger partial charge on any atom is -0.493 e. The third-order valence-corrected chi connectivity index (χ3v) is 5.29. The number of hydrogen-bond donors (Lipinski definition) is 2. The van der Waals surface area contributed by atoms with Crippen LogP contribution in [0.4, 0.5) is 13.2 Å². The average Bonchev–Trinajstić information content (AvgIpc) is 3.07. The Hall–Kier alpha value is -2.29. The van der Waals surface area contributed by atoms with Gasteiger partial charge in [-0.3, -0.25) is 14.5 Å². The molecule has 0 saturated carbocycles. The van der Waals surface area contributed by atoms with E-state index in [1.807, 2.05) is 18.2 Å². The lowest BCUT2D eigenvalue weighted by Gasteiger charge is -2.30. The maximum atomic E-state index is 13.1. The van der Waals surface area contributed by atoms with Crippen LogP contribution in [-0.2, 0) is 9.59 Å². The van der Waals surface area contributed by atoms with Gasteiger partial charge in [0.2, 0.25) is 5.91 Å². The molecule has 0 radical (unpaired) electrons. The van der Waals surface area contributed by atoms with E-state index in [0.717, 1.165) is 5.56 Å². The lowest BCUT2D eigenvalue weighted by molar-refractivity contribution is -0.188. The molecular weight excluding hydrogens is 365 g/mol. The third-order valence-electron chi connectivity index (χ3n) is 5.29. The monoisotopic (exact) mass is 386 g/mol. The Morgan fingerprint density at radius 1 is 1.30 bits per heavy atom. The topological polar surface area (TPSA) is 78.9 Å². The highest BCUT2D eigenvalue weighted by Gasteiger charge is 2.53. The highest BCUT2D eigenvalue weighted by molar-refractivity contribution is 5.82. The van der Waals surface area contributed by atoms with E-state index in [1.165, 1.54) is 11.8 Å². The molecule has 2 N–H and O–H groups in total. The number of nitrogens with one attached hydrogen (secondary N) is 1. The molecule has 2 aliphatic heterocycles. The van der Waals surface area contributed by atoms with E-state index in [0.29, 0.717) is 18.8 Å². The van der Waals surface area contributed by atoms with Crippen LogP contribution in [0.1, 0.15) is 24.9 Å². The lowest BCUT2D eigenvalue weighted by atomic mass is 9.96. The number of amides is 1. The maximum Gasteiger partial charge on any atom is 0.393 e. The molecule has 27 heavy (non-hydrogen) atoms. The first-order valence-corrected chi connectivity index (χ1v) is 8.74. The zero-order valence-electron chi connectivity index (χ0n) is 14.7. The molecule has 1 aromatic carbocycles. The number of rotatable bonds is 4. The van der Waals surface area contributed by atoms with Gasteiger partial charge in [0, 0.05) is 25.1 Å². The van der Waals surface area contributed by atoms with Crippen LogP contribution < -0.4 is 10.1 Å². The molecule has 1 aromatic rings. The molecule has 0 aliphatic carbocycles. The summed E-state index contributed by atoms with van der Waals surface area (Å²) in [6.07, 6.45) is -4.06. The first kappa shape index (κ1) is 19.5. The van der Waals surface area contributed by atoms with Crippen LogP contribution in [0.15, 0.2) is 24.3 Å². The highest BCUT2D eigenvalue weighted by Crippen LogP contribution is 2.38. The quantitative estimate of drug-likeness (QED) is 0.830. The zero-order chi connectivity index (χ0) is 19.8. The van der Waals surface area contributed by atoms with E-state index < -0.39 is 42.5 Å². The fourth-order valence-electron chi connectivity index (χ4n) is 3.68. The SMILES string of the molecule is CC(C(=O)NC1CCOc2ccccc21)N1C[C@@H](C(F)(F)F)[C@H](C(=O)O)C1. The summed E-state index contributed by atoms with van der Waals surface area (Å²) >= 11 is 0. The minimum absolute atomic E-state index is 0.291. The van der Waals surface area contributed by atoms with Gasteiger partial charge in [0.05, 0.1) is 30.5 Å². The van der Waals surface area contributed by atoms with Crippen molar-refractivity contribution in [1.29, 1.82) is 0 Å². The second-order valence-electron chi connectivity index (χ2n) is 6.96. The summed E-state index contributed by atoms with van der Waals surface area (Å²) in [6.45, 7) is 1.12. The van der Waals surface area contributed by atoms with Crippen molar-refractivity contribution < 1.29 is 32.6 Å². The van der Waals surface area contributed by atoms with Crippen molar-refractivity contribution in [3.63, 3.8) is 0 Å². The number of alkyl halides is 3. The number of para-hydroxylation sites is 1. The largest absolute Gasteiger partial charge is 0.493 e. The lowest BCUT2D eigenvalue weighted by Crippen LogP contribution is -2.46. The number of nitrogens with zero attached hydrogens (tertiary/aromatic N) is 1. The predicted molar refractivity (Wildman–Crippen MR) is 89.1 cm³/mol. The molecule has 0 bridgehead atoms. The molecule has 2 aliphatic rings. The second-order valence-corrected chi connectivity index (χ2v) is 6.96. The van der Waals surface area contributed by atoms with Gasteiger partial charge in [-0.25, -0.2) is 0 Å². The van der Waals surface area contributed by atoms with E-state index >= 15 is 0 Å². The van der Waals surface area contributed by atoms with Crippen LogP contribution in [0.3, 0.4) is 0 Å². The number of halogens is 3. The average molecular weight is 386 g/mol. The van der Waals surface area contributed by atoms with Crippen LogP contribution in [0.5, 0.6) is 5.75 Å². The number of likely N-dealkylation sites (tertiary alicyclic amines) is 1.